The number of phosphoric acid groups is 4. The lowest BCUT2D eigenvalue weighted by Gasteiger charge is -2.55. The van der Waals surface area contributed by atoms with Crippen LogP contribution in [0, 0.1) is 0 Å². The molecular weight excluding hydrogens is 1280 g/mol. The predicted octanol–water partition coefficient (Wildman–Crippen LogP) is 16.7. The molecule has 94 heavy (non-hydrogen) atoms. The highest BCUT2D eigenvalue weighted by atomic mass is 31.2. The zero-order valence-corrected chi connectivity index (χ0v) is 55.6. The molecular formula is C70H78O20P4. The van der Waals surface area contributed by atoms with Crippen molar-refractivity contribution in [1.29, 1.82) is 0 Å². The van der Waals surface area contributed by atoms with E-state index in [1.54, 1.807) is 194 Å². The van der Waals surface area contributed by atoms with Crippen LogP contribution >= 0.6 is 31.3 Å². The van der Waals surface area contributed by atoms with Crippen LogP contribution in [-0.4, -0.2) is 69.8 Å². The van der Waals surface area contributed by atoms with E-state index in [0.717, 1.165) is 0 Å². The van der Waals surface area contributed by atoms with E-state index in [2.05, 4.69) is 0 Å². The number of hydrogen-bond acceptors (Lipinski definition) is 20. The maximum Gasteiger partial charge on any atom is 0.475 e. The number of methoxy groups -OCH3 is 1. The highest BCUT2D eigenvalue weighted by molar-refractivity contribution is 7.49. The van der Waals surface area contributed by atoms with Gasteiger partial charge in [-0.05, 0) is 63.8 Å². The first-order valence-corrected chi connectivity index (χ1v) is 36.7. The van der Waals surface area contributed by atoms with E-state index in [-0.39, 0.29) is 85.5 Å². The summed E-state index contributed by atoms with van der Waals surface area (Å²) in [5.41, 5.74) is 2.40. The molecule has 0 radical (unpaired) electrons. The van der Waals surface area contributed by atoms with Gasteiger partial charge >= 0.3 is 31.3 Å². The third kappa shape index (κ3) is 21.3. The normalized spacial score (nSPS) is 19.5. The van der Waals surface area contributed by atoms with Crippen LogP contribution in [0.25, 0.3) is 0 Å². The molecule has 1 aliphatic carbocycles. The molecule has 1 saturated carbocycles. The van der Waals surface area contributed by atoms with Crippen molar-refractivity contribution >= 4 is 31.3 Å². The minimum Gasteiger partial charge on any atom is -0.382 e. The van der Waals surface area contributed by atoms with E-state index >= 15 is 18.3 Å². The molecule has 0 spiro atoms. The number of phosphoric ester groups is 4. The third-order valence-electron chi connectivity index (χ3n) is 15.2. The fourth-order valence-corrected chi connectivity index (χ4v) is 15.8. The van der Waals surface area contributed by atoms with Gasteiger partial charge in [-0.3, -0.25) is 54.3 Å². The Morgan fingerprint density at radius 3 is 0.926 bits per heavy atom. The largest absolute Gasteiger partial charge is 0.475 e. The molecule has 0 unspecified atom stereocenters. The number of ether oxygens (including phenoxy) is 4. The Morgan fingerprint density at radius 1 is 0.351 bits per heavy atom. The summed E-state index contributed by atoms with van der Waals surface area (Å²) in [4.78, 5) is 0. The summed E-state index contributed by atoms with van der Waals surface area (Å²) in [5.74, 6) is 0. The van der Waals surface area contributed by atoms with Crippen LogP contribution in [0.1, 0.15) is 63.8 Å². The zero-order chi connectivity index (χ0) is 65.2. The van der Waals surface area contributed by atoms with Crippen LogP contribution in [0.2, 0.25) is 0 Å². The minimum absolute atomic E-state index is 0.0144. The van der Waals surface area contributed by atoms with Gasteiger partial charge in [-0.2, -0.15) is 0 Å². The van der Waals surface area contributed by atoms with Gasteiger partial charge < -0.3 is 18.9 Å². The molecule has 20 nitrogen and oxygen atoms in total. The van der Waals surface area contributed by atoms with E-state index in [1.807, 2.05) is 48.5 Å². The van der Waals surface area contributed by atoms with Crippen molar-refractivity contribution < 1.29 is 91.5 Å². The molecule has 2 fully saturated rings. The summed E-state index contributed by atoms with van der Waals surface area (Å²) < 4.78 is 171. The van der Waals surface area contributed by atoms with Gasteiger partial charge in [-0.1, -0.05) is 243 Å². The van der Waals surface area contributed by atoms with E-state index in [1.165, 1.54) is 7.11 Å². The molecule has 1 aliphatic heterocycles. The second-order valence-corrected chi connectivity index (χ2v) is 28.5. The average molecular weight is 1360 g/mol. The van der Waals surface area contributed by atoms with Gasteiger partial charge in [0, 0.05) is 13.7 Å². The molecule has 1 saturated heterocycles. The maximum atomic E-state index is 16.6. The topological polar surface area (TPSA) is 216 Å². The van der Waals surface area contributed by atoms with E-state index in [4.69, 9.17) is 73.2 Å². The molecule has 2 aliphatic rings. The first kappa shape index (κ1) is 70.8. The maximum absolute atomic E-state index is 16.6. The molecule has 8 aromatic carbocycles. The summed E-state index contributed by atoms with van der Waals surface area (Å²) in [6.45, 7) is -3.21. The van der Waals surface area contributed by atoms with Gasteiger partial charge in [0.2, 0.25) is 0 Å². The van der Waals surface area contributed by atoms with Crippen molar-refractivity contribution in [2.45, 2.75) is 108 Å². The Hall–Kier alpha value is -5.96. The van der Waals surface area contributed by atoms with Gasteiger partial charge in [-0.15, -0.1) is 0 Å². The van der Waals surface area contributed by atoms with E-state index in [9.17, 15) is 0 Å². The first-order valence-electron chi connectivity index (χ1n) is 30.8. The number of rotatable bonds is 38. The van der Waals surface area contributed by atoms with Gasteiger partial charge in [-0.25, -0.2) is 18.3 Å². The lowest BCUT2D eigenvalue weighted by Crippen LogP contribution is -2.73. The molecule has 10 rings (SSSR count). The van der Waals surface area contributed by atoms with Crippen molar-refractivity contribution in [3.05, 3.63) is 287 Å². The molecule has 6 atom stereocenters. The van der Waals surface area contributed by atoms with Crippen molar-refractivity contribution in [2.24, 2.45) is 0 Å². The second kappa shape index (κ2) is 35.9. The molecule has 24 heteroatoms. The van der Waals surface area contributed by atoms with Crippen LogP contribution < -0.4 is 0 Å². The lowest BCUT2D eigenvalue weighted by atomic mass is 9.72. The minimum atomic E-state index is -5.22. The van der Waals surface area contributed by atoms with Crippen molar-refractivity contribution in [3.8, 4) is 0 Å². The standard InChI is InChI=1S/C70H78O20P4/c1-75-46-47-76-56-78-70-44-26-27-45-77-68(70)66(88-92(72,81-50-59-32-14-4-15-33-59)82-51-60-34-16-5-17-35-60)65(87-91(71,79-48-57-28-10-2-11-29-57)80-49-58-30-12-3-13-31-58)67(89-93(73,83-52-61-36-18-6-19-37-61)84-53-62-38-20-7-21-39-62)69(70)90-94(74,85-54-63-40-22-8-23-41-63)86-55-64-42-24-9-25-43-64/h2-25,28-43,65-69H,26-27,44-56H2,1H3/t65-,66-,67+,68-,69-,70+/m1/s1. The van der Waals surface area contributed by atoms with Crippen LogP contribution in [0.4, 0.5) is 0 Å². The lowest BCUT2D eigenvalue weighted by molar-refractivity contribution is -0.298. The molecule has 8 aromatic rings. The predicted molar refractivity (Wildman–Crippen MR) is 350 cm³/mol. The second-order valence-electron chi connectivity index (χ2n) is 22.0. The molecule has 0 aromatic heterocycles. The monoisotopic (exact) mass is 1360 g/mol. The van der Waals surface area contributed by atoms with Crippen LogP contribution in [0.5, 0.6) is 0 Å². The number of fused-ring (bicyclic) bond motifs is 1. The first-order chi connectivity index (χ1) is 45.9. The molecule has 0 amide bonds. The highest BCUT2D eigenvalue weighted by Gasteiger charge is 2.69. The smallest absolute Gasteiger partial charge is 0.382 e. The number of hydrogen-bond donors (Lipinski definition) is 0. The van der Waals surface area contributed by atoms with Gasteiger partial charge in [0.25, 0.3) is 0 Å². The van der Waals surface area contributed by atoms with Gasteiger partial charge in [0.15, 0.2) is 0 Å². The van der Waals surface area contributed by atoms with Crippen LogP contribution in [0.15, 0.2) is 243 Å². The molecule has 1 heterocycles. The van der Waals surface area contributed by atoms with Crippen molar-refractivity contribution in [1.82, 2.24) is 0 Å². The Morgan fingerprint density at radius 2 is 0.628 bits per heavy atom. The molecule has 0 bridgehead atoms. The Balaban J connectivity index is 1.21. The van der Waals surface area contributed by atoms with Crippen LogP contribution in [-0.2, 0) is 144 Å². The third-order valence-corrected chi connectivity index (χ3v) is 20.7. The SMILES string of the molecule is COCCOCO[C@@]12CCCCO[C@@H]1[C@H](OP(=O)(OCc1ccccc1)OCc1ccccc1)[C@@H](OP(=O)(OCc1ccccc1)OCc1ccccc1)[C@H](OP(=O)(OCc1ccccc1)OCc1ccccc1)[C@H]2OP(=O)(OCc1ccccc1)OCc1ccccc1. The summed E-state index contributed by atoms with van der Waals surface area (Å²) >= 11 is 0. The van der Waals surface area contributed by atoms with Crippen molar-refractivity contribution in [3.63, 3.8) is 0 Å². The summed E-state index contributed by atoms with van der Waals surface area (Å²) in [5, 5.41) is 0. The van der Waals surface area contributed by atoms with Crippen LogP contribution in [0.3, 0.4) is 0 Å². The van der Waals surface area contributed by atoms with Gasteiger partial charge in [0.05, 0.1) is 66.1 Å². The molecule has 0 N–H and O–H groups in total. The summed E-state index contributed by atoms with van der Waals surface area (Å²) in [7, 11) is -19.1. The zero-order valence-electron chi connectivity index (χ0n) is 52.0. The summed E-state index contributed by atoms with van der Waals surface area (Å²) in [6.07, 6.45) is -9.42. The quantitative estimate of drug-likeness (QED) is 0.0200. The Kier molecular flexibility index (Phi) is 27.0. The van der Waals surface area contributed by atoms with Crippen molar-refractivity contribution in [2.75, 3.05) is 33.7 Å². The highest BCUT2D eigenvalue weighted by Crippen LogP contribution is 2.65. The van der Waals surface area contributed by atoms with Gasteiger partial charge in [0.1, 0.15) is 42.9 Å². The average Bonchev–Trinajstić information content (AvgIpc) is 0.987. The molecule has 498 valence electrons. The Bertz CT molecular complexity index is 3480. The summed E-state index contributed by atoms with van der Waals surface area (Å²) in [6, 6.07) is 71.1. The fourth-order valence-electron chi connectivity index (χ4n) is 10.4. The van der Waals surface area contributed by atoms with E-state index < -0.39 is 74.2 Å². The Labute approximate surface area is 549 Å². The number of benzene rings is 8. The fraction of sp³-hybridized carbons (Fsp3) is 0.314. The van der Waals surface area contributed by atoms with E-state index in [0.29, 0.717) is 50.9 Å².